The highest BCUT2D eigenvalue weighted by molar-refractivity contribution is 6.74. The van der Waals surface area contributed by atoms with E-state index in [0.717, 1.165) is 31.0 Å². The van der Waals surface area contributed by atoms with Crippen molar-refractivity contribution in [1.82, 2.24) is 0 Å². The molecule has 3 nitrogen and oxygen atoms in total. The zero-order valence-corrected chi connectivity index (χ0v) is 23.3. The maximum absolute atomic E-state index is 9.81. The van der Waals surface area contributed by atoms with Gasteiger partial charge in [-0.2, -0.15) is 0 Å². The van der Waals surface area contributed by atoms with Crippen LogP contribution in [-0.2, 0) is 8.85 Å². The van der Waals surface area contributed by atoms with Crippen molar-refractivity contribution >= 4 is 16.6 Å². The Hall–Kier alpha value is 0.0538. The molecule has 0 saturated carbocycles. The number of aliphatic hydroxyl groups excluding tert-OH is 1. The third kappa shape index (κ3) is 8.60. The fourth-order valence-corrected chi connectivity index (χ4v) is 8.35. The number of aliphatic hydroxyl groups is 1. The second-order valence-corrected chi connectivity index (χ2v) is 19.9. The predicted molar refractivity (Wildman–Crippen MR) is 134 cm³/mol. The maximum Gasteiger partial charge on any atom is 0.192 e. The number of allylic oxidation sites excluding steroid dienone is 1. The summed E-state index contributed by atoms with van der Waals surface area (Å²) in [5, 5.41) is 9.99. The molecule has 0 amide bonds. The molecule has 0 unspecified atom stereocenters. The van der Waals surface area contributed by atoms with Crippen LogP contribution >= 0.6 is 0 Å². The fourth-order valence-electron chi connectivity index (χ4n) is 3.89. The molecular formula is C24H52O3Si2. The molecule has 0 bridgehead atoms. The van der Waals surface area contributed by atoms with Crippen molar-refractivity contribution in [2.24, 2.45) is 11.8 Å². The normalized spacial score (nSPS) is 17.6. The molecule has 0 aliphatic rings. The molecule has 0 aromatic carbocycles. The largest absolute Gasteiger partial charge is 0.413 e. The molecule has 0 aliphatic carbocycles. The van der Waals surface area contributed by atoms with Gasteiger partial charge >= 0.3 is 0 Å². The monoisotopic (exact) mass is 444 g/mol. The van der Waals surface area contributed by atoms with Gasteiger partial charge in [-0.25, -0.2) is 0 Å². The van der Waals surface area contributed by atoms with Gasteiger partial charge in [-0.1, -0.05) is 61.5 Å². The van der Waals surface area contributed by atoms with Gasteiger partial charge in [0.25, 0.3) is 0 Å². The van der Waals surface area contributed by atoms with E-state index < -0.39 is 16.6 Å². The summed E-state index contributed by atoms with van der Waals surface area (Å²) in [6, 6.07) is 3.40. The van der Waals surface area contributed by atoms with Crippen molar-refractivity contribution < 1.29 is 14.0 Å². The summed E-state index contributed by atoms with van der Waals surface area (Å²) in [5.74, 6) is 0.690. The summed E-state index contributed by atoms with van der Waals surface area (Å²) in [6.07, 6.45) is 5.00. The van der Waals surface area contributed by atoms with Crippen LogP contribution in [0.25, 0.3) is 0 Å². The van der Waals surface area contributed by atoms with Crippen molar-refractivity contribution in [2.45, 2.75) is 123 Å². The SMILES string of the molecule is C=CCC[C@@H](C)[C@@H](O[Si](C)(C)C(C)(C)C)[C@H](C)[C@@H](CCO)O[Si](CC)(CC)CC. The molecule has 0 rings (SSSR count). The van der Waals surface area contributed by atoms with E-state index in [0.29, 0.717) is 12.3 Å². The van der Waals surface area contributed by atoms with E-state index in [1.165, 1.54) is 0 Å². The smallest absolute Gasteiger partial charge is 0.192 e. The minimum Gasteiger partial charge on any atom is -0.413 e. The van der Waals surface area contributed by atoms with Crippen LogP contribution in [0, 0.1) is 11.8 Å². The zero-order chi connectivity index (χ0) is 22.9. The second-order valence-electron chi connectivity index (χ2n) is 10.5. The summed E-state index contributed by atoms with van der Waals surface area (Å²) in [5.41, 5.74) is 0. The summed E-state index contributed by atoms with van der Waals surface area (Å²) < 4.78 is 13.9. The highest BCUT2D eigenvalue weighted by Gasteiger charge is 2.43. The van der Waals surface area contributed by atoms with Crippen molar-refractivity contribution in [1.29, 1.82) is 0 Å². The van der Waals surface area contributed by atoms with Crippen LogP contribution in [0.15, 0.2) is 12.7 Å². The molecular weight excluding hydrogens is 392 g/mol. The van der Waals surface area contributed by atoms with Gasteiger partial charge in [0.05, 0.1) is 12.2 Å². The lowest BCUT2D eigenvalue weighted by Crippen LogP contribution is -2.51. The Bertz CT molecular complexity index is 447. The maximum atomic E-state index is 9.81. The summed E-state index contributed by atoms with van der Waals surface area (Å²) in [6.45, 7) is 27.1. The molecule has 174 valence electrons. The van der Waals surface area contributed by atoms with Gasteiger partial charge in [-0.15, -0.1) is 6.58 Å². The highest BCUT2D eigenvalue weighted by atomic mass is 28.4. The van der Waals surface area contributed by atoms with Gasteiger partial charge in [0.15, 0.2) is 16.6 Å². The Morgan fingerprint density at radius 1 is 0.966 bits per heavy atom. The first-order valence-electron chi connectivity index (χ1n) is 11.9. The summed E-state index contributed by atoms with van der Waals surface area (Å²) >= 11 is 0. The van der Waals surface area contributed by atoms with Gasteiger partial charge < -0.3 is 14.0 Å². The van der Waals surface area contributed by atoms with E-state index in [2.05, 4.69) is 75.1 Å². The van der Waals surface area contributed by atoms with Crippen molar-refractivity contribution in [3.05, 3.63) is 12.7 Å². The van der Waals surface area contributed by atoms with Crippen molar-refractivity contribution in [2.75, 3.05) is 6.61 Å². The molecule has 4 atom stereocenters. The zero-order valence-electron chi connectivity index (χ0n) is 21.3. The Morgan fingerprint density at radius 2 is 1.48 bits per heavy atom. The molecule has 5 heteroatoms. The van der Waals surface area contributed by atoms with Crippen LogP contribution in [0.5, 0.6) is 0 Å². The molecule has 0 aliphatic heterocycles. The Labute approximate surface area is 184 Å². The first kappa shape index (κ1) is 29.1. The molecule has 29 heavy (non-hydrogen) atoms. The van der Waals surface area contributed by atoms with E-state index >= 15 is 0 Å². The van der Waals surface area contributed by atoms with Gasteiger partial charge in [-0.05, 0) is 61.4 Å². The van der Waals surface area contributed by atoms with E-state index in [9.17, 15) is 5.11 Å². The Morgan fingerprint density at radius 3 is 1.86 bits per heavy atom. The van der Waals surface area contributed by atoms with E-state index in [1.54, 1.807) is 0 Å². The lowest BCUT2D eigenvalue weighted by atomic mass is 9.86. The molecule has 0 spiro atoms. The molecule has 0 saturated heterocycles. The van der Waals surface area contributed by atoms with Crippen LogP contribution in [0.2, 0.25) is 36.3 Å². The van der Waals surface area contributed by atoms with Crippen LogP contribution < -0.4 is 0 Å². The lowest BCUT2D eigenvalue weighted by molar-refractivity contribution is -0.00289. The minimum absolute atomic E-state index is 0.0625. The molecule has 0 fully saturated rings. The third-order valence-corrected chi connectivity index (χ3v) is 16.6. The molecule has 1 N–H and O–H groups in total. The van der Waals surface area contributed by atoms with Crippen LogP contribution in [0.1, 0.15) is 74.7 Å². The molecule has 0 heterocycles. The molecule has 0 radical (unpaired) electrons. The topological polar surface area (TPSA) is 38.7 Å². The summed E-state index contributed by atoms with van der Waals surface area (Å²) in [4.78, 5) is 0. The average Bonchev–Trinajstić information content (AvgIpc) is 2.66. The van der Waals surface area contributed by atoms with Gasteiger partial charge in [-0.3, -0.25) is 0 Å². The van der Waals surface area contributed by atoms with Crippen LogP contribution in [0.3, 0.4) is 0 Å². The number of hydrogen-bond acceptors (Lipinski definition) is 3. The van der Waals surface area contributed by atoms with Crippen molar-refractivity contribution in [3.8, 4) is 0 Å². The Balaban J connectivity index is 5.85. The number of hydrogen-bond donors (Lipinski definition) is 1. The number of rotatable bonds is 15. The van der Waals surface area contributed by atoms with Crippen LogP contribution in [-0.4, -0.2) is 40.6 Å². The lowest BCUT2D eigenvalue weighted by Gasteiger charge is -2.45. The molecule has 0 aromatic heterocycles. The van der Waals surface area contributed by atoms with Gasteiger partial charge in [0, 0.05) is 12.5 Å². The first-order valence-corrected chi connectivity index (χ1v) is 17.4. The van der Waals surface area contributed by atoms with Gasteiger partial charge in [0.2, 0.25) is 0 Å². The third-order valence-electron chi connectivity index (χ3n) is 7.48. The fraction of sp³-hybridized carbons (Fsp3) is 0.917. The van der Waals surface area contributed by atoms with E-state index in [-0.39, 0.29) is 29.8 Å². The first-order chi connectivity index (χ1) is 13.3. The van der Waals surface area contributed by atoms with E-state index in [1.807, 2.05) is 6.08 Å². The Kier molecular flexibility index (Phi) is 12.8. The summed E-state index contributed by atoms with van der Waals surface area (Å²) in [7, 11) is -3.67. The second kappa shape index (κ2) is 12.8. The standard InChI is InChI=1S/C24H52O3Si2/c1-12-16-17-20(5)23(27-28(10,11)24(7,8)9)21(6)22(18-19-25)26-29(13-2,14-3)15-4/h12,20-23,25H,1,13-19H2,2-11H3/t20-,21-,22-,23-/m1/s1. The van der Waals surface area contributed by atoms with E-state index in [4.69, 9.17) is 8.85 Å². The molecule has 0 aromatic rings. The predicted octanol–water partition coefficient (Wildman–Crippen LogP) is 7.39. The van der Waals surface area contributed by atoms with Crippen molar-refractivity contribution in [3.63, 3.8) is 0 Å². The van der Waals surface area contributed by atoms with Crippen LogP contribution in [0.4, 0.5) is 0 Å². The van der Waals surface area contributed by atoms with Gasteiger partial charge in [0.1, 0.15) is 0 Å². The quantitative estimate of drug-likeness (QED) is 0.211. The average molecular weight is 445 g/mol. The highest BCUT2D eigenvalue weighted by Crippen LogP contribution is 2.41. The minimum atomic E-state index is -1.92.